The summed E-state index contributed by atoms with van der Waals surface area (Å²) in [6, 6.07) is 23.8. The quantitative estimate of drug-likeness (QED) is 0.630. The Labute approximate surface area is 177 Å². The van der Waals surface area contributed by atoms with Crippen LogP contribution in [0.5, 0.6) is 0 Å². The zero-order valence-corrected chi connectivity index (χ0v) is 17.2. The highest BCUT2D eigenvalue weighted by Gasteiger charge is 2.40. The number of oxazole rings is 1. The summed E-state index contributed by atoms with van der Waals surface area (Å²) in [6.07, 6.45) is 1.11. The minimum absolute atomic E-state index is 0.225. The number of aromatic nitrogens is 1. The smallest absolute Gasteiger partial charge is 0.234 e. The molecule has 2 fully saturated rings. The fourth-order valence-corrected chi connectivity index (χ4v) is 4.51. The van der Waals surface area contributed by atoms with E-state index in [-0.39, 0.29) is 6.04 Å². The van der Waals surface area contributed by atoms with Crippen molar-refractivity contribution in [2.75, 3.05) is 31.1 Å². The zero-order valence-electron chi connectivity index (χ0n) is 17.2. The molecule has 152 valence electrons. The molecule has 0 amide bonds. The molecule has 0 spiro atoms. The molecule has 2 heterocycles. The van der Waals surface area contributed by atoms with Crippen molar-refractivity contribution in [3.05, 3.63) is 83.4 Å². The third kappa shape index (κ3) is 3.59. The van der Waals surface area contributed by atoms with Gasteiger partial charge in [-0.2, -0.15) is 5.26 Å². The number of piperazine rings is 1. The lowest BCUT2D eigenvalue weighted by atomic mass is 9.96. The molecule has 1 saturated carbocycles. The number of hydrogen-bond acceptors (Lipinski definition) is 5. The second-order valence-electron chi connectivity index (χ2n) is 8.38. The van der Waals surface area contributed by atoms with Crippen molar-refractivity contribution < 1.29 is 4.42 Å². The fourth-order valence-electron chi connectivity index (χ4n) is 4.51. The molecule has 5 rings (SSSR count). The van der Waals surface area contributed by atoms with Crippen LogP contribution in [0.25, 0.3) is 0 Å². The maximum absolute atomic E-state index is 9.56. The Bertz CT molecular complexity index is 993. The molecule has 2 unspecified atom stereocenters. The van der Waals surface area contributed by atoms with Gasteiger partial charge in [-0.15, -0.1) is 0 Å². The normalized spacial score (nSPS) is 21.6. The standard InChI is InChI=1S/C25H26N4O/c1-18-16-21(18)24-27-22(17-26)25(30-24)29-14-12-28(13-15-29)23(19-8-4-2-5-9-19)20-10-6-3-7-11-20/h2-11,18,21,23H,12-16H2,1H3. The molecule has 3 aromatic rings. The van der Waals surface area contributed by atoms with E-state index in [1.54, 1.807) is 0 Å². The Morgan fingerprint density at radius 2 is 1.53 bits per heavy atom. The van der Waals surface area contributed by atoms with Gasteiger partial charge in [0.2, 0.25) is 17.5 Å². The van der Waals surface area contributed by atoms with Gasteiger partial charge in [0.15, 0.2) is 0 Å². The molecule has 1 aromatic heterocycles. The highest BCUT2D eigenvalue weighted by Crippen LogP contribution is 2.47. The van der Waals surface area contributed by atoms with Crippen molar-refractivity contribution >= 4 is 5.88 Å². The molecule has 1 saturated heterocycles. The highest BCUT2D eigenvalue weighted by atomic mass is 16.4. The molecule has 1 aliphatic heterocycles. The molecule has 2 aromatic carbocycles. The van der Waals surface area contributed by atoms with E-state index in [1.165, 1.54) is 11.1 Å². The van der Waals surface area contributed by atoms with Crippen LogP contribution in [-0.2, 0) is 0 Å². The number of hydrogen-bond donors (Lipinski definition) is 0. The van der Waals surface area contributed by atoms with Crippen molar-refractivity contribution in [1.82, 2.24) is 9.88 Å². The Hall–Kier alpha value is -3.10. The molecule has 1 aliphatic carbocycles. The van der Waals surface area contributed by atoms with Crippen LogP contribution in [0.15, 0.2) is 65.1 Å². The Morgan fingerprint density at radius 3 is 2.03 bits per heavy atom. The minimum atomic E-state index is 0.225. The summed E-state index contributed by atoms with van der Waals surface area (Å²) >= 11 is 0. The zero-order chi connectivity index (χ0) is 20.5. The summed E-state index contributed by atoms with van der Waals surface area (Å²) in [5.41, 5.74) is 3.04. The summed E-state index contributed by atoms with van der Waals surface area (Å²) in [7, 11) is 0. The molecule has 2 aliphatic rings. The van der Waals surface area contributed by atoms with E-state index in [9.17, 15) is 5.26 Å². The minimum Gasteiger partial charge on any atom is -0.423 e. The van der Waals surface area contributed by atoms with E-state index < -0.39 is 0 Å². The van der Waals surface area contributed by atoms with E-state index >= 15 is 0 Å². The van der Waals surface area contributed by atoms with E-state index in [4.69, 9.17) is 4.42 Å². The first-order chi connectivity index (χ1) is 14.7. The molecular weight excluding hydrogens is 372 g/mol. The molecule has 30 heavy (non-hydrogen) atoms. The van der Waals surface area contributed by atoms with E-state index in [2.05, 4.69) is 88.4 Å². The lowest BCUT2D eigenvalue weighted by molar-refractivity contribution is 0.209. The first kappa shape index (κ1) is 18.9. The van der Waals surface area contributed by atoms with Crippen molar-refractivity contribution in [1.29, 1.82) is 5.26 Å². The van der Waals surface area contributed by atoms with Crippen LogP contribution in [-0.4, -0.2) is 36.1 Å². The van der Waals surface area contributed by atoms with Gasteiger partial charge in [0.25, 0.3) is 0 Å². The lowest BCUT2D eigenvalue weighted by Gasteiger charge is -2.39. The second-order valence-corrected chi connectivity index (χ2v) is 8.38. The average Bonchev–Trinajstić information content (AvgIpc) is 3.38. The monoisotopic (exact) mass is 398 g/mol. The molecule has 5 heteroatoms. The van der Waals surface area contributed by atoms with Gasteiger partial charge in [-0.1, -0.05) is 67.6 Å². The SMILES string of the molecule is CC1CC1c1nc(C#N)c(N2CCN(C(c3ccccc3)c3ccccc3)CC2)o1. The van der Waals surface area contributed by atoms with Crippen LogP contribution in [0.4, 0.5) is 5.88 Å². The lowest BCUT2D eigenvalue weighted by Crippen LogP contribution is -2.48. The van der Waals surface area contributed by atoms with E-state index in [0.717, 1.165) is 38.5 Å². The second kappa shape index (κ2) is 7.97. The number of benzene rings is 2. The van der Waals surface area contributed by atoms with Gasteiger partial charge < -0.3 is 9.32 Å². The van der Waals surface area contributed by atoms with E-state index in [1.807, 2.05) is 0 Å². The maximum atomic E-state index is 9.56. The van der Waals surface area contributed by atoms with Crippen molar-refractivity contribution in [3.63, 3.8) is 0 Å². The Kier molecular flexibility index (Phi) is 5.02. The van der Waals surface area contributed by atoms with Gasteiger partial charge in [-0.25, -0.2) is 4.98 Å². The summed E-state index contributed by atoms with van der Waals surface area (Å²) in [6.45, 7) is 5.64. The van der Waals surface area contributed by atoms with Gasteiger partial charge in [0.1, 0.15) is 6.07 Å². The van der Waals surface area contributed by atoms with Crippen LogP contribution >= 0.6 is 0 Å². The van der Waals surface area contributed by atoms with Gasteiger partial charge in [-0.3, -0.25) is 4.90 Å². The topological polar surface area (TPSA) is 56.3 Å². The number of nitrogens with zero attached hydrogens (tertiary/aromatic N) is 4. The summed E-state index contributed by atoms with van der Waals surface area (Å²) < 4.78 is 6.08. The third-order valence-electron chi connectivity index (χ3n) is 6.36. The first-order valence-corrected chi connectivity index (χ1v) is 10.7. The van der Waals surface area contributed by atoms with Gasteiger partial charge in [0.05, 0.1) is 6.04 Å². The van der Waals surface area contributed by atoms with Crippen molar-refractivity contribution in [2.24, 2.45) is 5.92 Å². The number of nitriles is 1. The molecule has 0 N–H and O–H groups in total. The summed E-state index contributed by atoms with van der Waals surface area (Å²) in [4.78, 5) is 9.19. The van der Waals surface area contributed by atoms with Crippen LogP contribution < -0.4 is 4.90 Å². The largest absolute Gasteiger partial charge is 0.423 e. The van der Waals surface area contributed by atoms with Gasteiger partial charge in [0, 0.05) is 32.1 Å². The summed E-state index contributed by atoms with van der Waals surface area (Å²) in [5.74, 6) is 2.38. The molecule has 5 nitrogen and oxygen atoms in total. The molecule has 0 radical (unpaired) electrons. The van der Waals surface area contributed by atoms with Crippen LogP contribution in [0.2, 0.25) is 0 Å². The predicted molar refractivity (Wildman–Crippen MR) is 116 cm³/mol. The molecule has 0 bridgehead atoms. The number of anilines is 1. The van der Waals surface area contributed by atoms with Crippen LogP contribution in [0.3, 0.4) is 0 Å². The van der Waals surface area contributed by atoms with E-state index in [0.29, 0.717) is 23.4 Å². The predicted octanol–water partition coefficient (Wildman–Crippen LogP) is 4.58. The van der Waals surface area contributed by atoms with Crippen molar-refractivity contribution in [3.8, 4) is 6.07 Å². The van der Waals surface area contributed by atoms with Crippen LogP contribution in [0, 0.1) is 17.2 Å². The molecule has 2 atom stereocenters. The average molecular weight is 399 g/mol. The summed E-state index contributed by atoms with van der Waals surface area (Å²) in [5, 5.41) is 9.56. The first-order valence-electron chi connectivity index (χ1n) is 10.7. The molecular formula is C25H26N4O. The van der Waals surface area contributed by atoms with Gasteiger partial charge in [-0.05, 0) is 23.5 Å². The van der Waals surface area contributed by atoms with Crippen molar-refractivity contribution in [2.45, 2.75) is 25.3 Å². The Morgan fingerprint density at radius 1 is 0.967 bits per heavy atom. The van der Waals surface area contributed by atoms with Crippen LogP contribution in [0.1, 0.15) is 48.0 Å². The highest BCUT2D eigenvalue weighted by molar-refractivity contribution is 5.49. The third-order valence-corrected chi connectivity index (χ3v) is 6.36. The maximum Gasteiger partial charge on any atom is 0.234 e. The fraction of sp³-hybridized carbons (Fsp3) is 0.360. The number of rotatable bonds is 5. The van der Waals surface area contributed by atoms with Gasteiger partial charge >= 0.3 is 0 Å². The Balaban J connectivity index is 1.36.